The Labute approximate surface area is 271 Å². The maximum Gasteiger partial charge on any atom is 0.303 e. The van der Waals surface area contributed by atoms with Crippen molar-refractivity contribution in [2.45, 2.75) is 76.6 Å². The number of hydrogen-bond donors (Lipinski definition) is 3. The van der Waals surface area contributed by atoms with E-state index in [0.717, 1.165) is 16.7 Å². The molecule has 1 amide bonds. The lowest BCUT2D eigenvalue weighted by Gasteiger charge is -2.39. The first-order chi connectivity index (χ1) is 22.3. The predicted molar refractivity (Wildman–Crippen MR) is 179 cm³/mol. The number of unbranched alkanes of at least 4 members (excludes halogenated alkanes) is 2. The number of likely N-dealkylation sites (N-methyl/N-ethyl adjacent to an activating group) is 1. The van der Waals surface area contributed by atoms with Gasteiger partial charge in [-0.25, -0.2) is 0 Å². The van der Waals surface area contributed by atoms with E-state index in [4.69, 9.17) is 14.6 Å². The number of aliphatic hydroxyl groups excluding tert-OH is 1. The molecule has 8 nitrogen and oxygen atoms in total. The van der Waals surface area contributed by atoms with Crippen molar-refractivity contribution in [1.82, 2.24) is 4.90 Å². The second kappa shape index (κ2) is 16.0. The highest BCUT2D eigenvalue weighted by atomic mass is 16.7. The van der Waals surface area contributed by atoms with Crippen molar-refractivity contribution in [3.63, 3.8) is 0 Å². The van der Waals surface area contributed by atoms with Gasteiger partial charge in [0.05, 0.1) is 18.8 Å². The van der Waals surface area contributed by atoms with E-state index in [1.807, 2.05) is 48.5 Å². The van der Waals surface area contributed by atoms with E-state index in [1.54, 1.807) is 0 Å². The fourth-order valence-electron chi connectivity index (χ4n) is 5.92. The Morgan fingerprint density at radius 1 is 0.870 bits per heavy atom. The maximum atomic E-state index is 12.4. The molecule has 4 atom stereocenters. The number of nitrogens with one attached hydrogen (secondary N) is 1. The molecule has 0 unspecified atom stereocenters. The van der Waals surface area contributed by atoms with Crippen LogP contribution in [0.15, 0.2) is 91.0 Å². The number of ether oxygens (including phenoxy) is 2. The number of nitrogens with zero attached hydrogens (tertiary/aromatic N) is 1. The smallest absolute Gasteiger partial charge is 0.303 e. The Hall–Kier alpha value is -4.08. The summed E-state index contributed by atoms with van der Waals surface area (Å²) in [6.45, 7) is 2.92. The first-order valence-electron chi connectivity index (χ1n) is 16.1. The number of aliphatic hydroxyl groups is 1. The summed E-state index contributed by atoms with van der Waals surface area (Å²) in [5, 5.41) is 23.7. The number of amides is 1. The number of anilines is 1. The molecule has 0 saturated carbocycles. The lowest BCUT2D eigenvalue weighted by Crippen LogP contribution is -2.38. The number of carbonyl (C=O) groups is 2. The Morgan fingerprint density at radius 2 is 1.57 bits per heavy atom. The van der Waals surface area contributed by atoms with Crippen LogP contribution in [0.25, 0.3) is 10.8 Å². The van der Waals surface area contributed by atoms with Crippen molar-refractivity contribution in [2.24, 2.45) is 0 Å². The topological polar surface area (TPSA) is 108 Å². The maximum absolute atomic E-state index is 12.4. The lowest BCUT2D eigenvalue weighted by atomic mass is 9.98. The van der Waals surface area contributed by atoms with E-state index >= 15 is 0 Å². The molecule has 46 heavy (non-hydrogen) atoms. The number of carboxylic acid groups (broad SMARTS) is 1. The Morgan fingerprint density at radius 3 is 2.28 bits per heavy atom. The van der Waals surface area contributed by atoms with E-state index in [9.17, 15) is 14.7 Å². The molecule has 4 aromatic rings. The molecular weight excluding hydrogens is 580 g/mol. The van der Waals surface area contributed by atoms with Crippen LogP contribution in [0.4, 0.5) is 5.69 Å². The summed E-state index contributed by atoms with van der Waals surface area (Å²) >= 11 is 0. The number of carbonyl (C=O) groups excluding carboxylic acids is 1. The molecule has 1 aliphatic heterocycles. The van der Waals surface area contributed by atoms with Crippen LogP contribution in [-0.2, 0) is 25.7 Å². The molecule has 1 heterocycles. The van der Waals surface area contributed by atoms with Crippen LogP contribution >= 0.6 is 0 Å². The number of benzene rings is 4. The molecule has 1 saturated heterocycles. The van der Waals surface area contributed by atoms with Gasteiger partial charge >= 0.3 is 5.97 Å². The van der Waals surface area contributed by atoms with E-state index < -0.39 is 12.3 Å². The molecule has 0 radical (unpaired) electrons. The molecule has 0 bridgehead atoms. The van der Waals surface area contributed by atoms with Gasteiger partial charge < -0.3 is 25.0 Å². The summed E-state index contributed by atoms with van der Waals surface area (Å²) in [7, 11) is 2.13. The average Bonchev–Trinajstić information content (AvgIpc) is 3.07. The number of aliphatic carboxylic acids is 1. The fourth-order valence-corrected chi connectivity index (χ4v) is 5.92. The quantitative estimate of drug-likeness (QED) is 0.124. The van der Waals surface area contributed by atoms with Crippen LogP contribution in [0.1, 0.15) is 86.1 Å². The second-order valence-corrected chi connectivity index (χ2v) is 12.2. The van der Waals surface area contributed by atoms with Crippen molar-refractivity contribution in [1.29, 1.82) is 0 Å². The van der Waals surface area contributed by atoms with Gasteiger partial charge in [-0.05, 0) is 72.5 Å². The van der Waals surface area contributed by atoms with Crippen LogP contribution < -0.4 is 5.32 Å². The zero-order chi connectivity index (χ0) is 32.5. The van der Waals surface area contributed by atoms with Gasteiger partial charge in [0.2, 0.25) is 5.91 Å². The van der Waals surface area contributed by atoms with Gasteiger partial charge in [0.15, 0.2) is 6.29 Å². The standard InChI is InChI=1S/C38H44N2O6/c1-26(31-17-16-28-8-6-7-9-32(28)22-31)40(2)24-34-23-35(29-14-12-27(25-41)13-15-29)46-38(45-34)30-18-20-33(21-19-30)39-36(42)10-4-3-5-11-37(43)44/h6-9,12-22,26,34-35,38,41H,3-5,10-11,23-25H2,1-2H3,(H,39,42)(H,43,44)/t26-,34+,35-,38-/m1/s1. The normalized spacial score (nSPS) is 18.8. The molecule has 3 N–H and O–H groups in total. The molecule has 5 rings (SSSR count). The Balaban J connectivity index is 1.25. The third-order valence-electron chi connectivity index (χ3n) is 8.78. The molecule has 1 aliphatic rings. The molecule has 1 fully saturated rings. The minimum atomic E-state index is -0.810. The highest BCUT2D eigenvalue weighted by molar-refractivity contribution is 5.90. The molecule has 0 aromatic heterocycles. The highest BCUT2D eigenvalue weighted by Gasteiger charge is 2.33. The lowest BCUT2D eigenvalue weighted by molar-refractivity contribution is -0.253. The van der Waals surface area contributed by atoms with Gasteiger partial charge in [0.1, 0.15) is 0 Å². The predicted octanol–water partition coefficient (Wildman–Crippen LogP) is 7.54. The van der Waals surface area contributed by atoms with E-state index in [1.165, 1.54) is 16.3 Å². The van der Waals surface area contributed by atoms with Gasteiger partial charge in [-0.15, -0.1) is 0 Å². The van der Waals surface area contributed by atoms with Crippen molar-refractivity contribution in [3.8, 4) is 0 Å². The monoisotopic (exact) mass is 624 g/mol. The van der Waals surface area contributed by atoms with Gasteiger partial charge in [-0.3, -0.25) is 14.5 Å². The van der Waals surface area contributed by atoms with E-state index in [2.05, 4.69) is 66.7 Å². The van der Waals surface area contributed by atoms with Gasteiger partial charge in [-0.1, -0.05) is 79.2 Å². The zero-order valence-electron chi connectivity index (χ0n) is 26.6. The molecule has 0 spiro atoms. The SMILES string of the molecule is C[C@H](c1ccc2ccccc2c1)N(C)C[C@@H]1C[C@H](c2ccc(CO)cc2)O[C@H](c2ccc(NC(=O)CCCCCC(=O)O)cc2)O1. The number of fused-ring (bicyclic) bond motifs is 1. The van der Waals surface area contributed by atoms with Crippen molar-refractivity contribution in [3.05, 3.63) is 113 Å². The molecular formula is C38H44N2O6. The minimum absolute atomic E-state index is 0.00870. The molecule has 8 heteroatoms. The fraction of sp³-hybridized carbons (Fsp3) is 0.368. The number of rotatable bonds is 14. The van der Waals surface area contributed by atoms with Crippen LogP contribution in [0.5, 0.6) is 0 Å². The van der Waals surface area contributed by atoms with Gasteiger partial charge in [0, 0.05) is 43.1 Å². The first-order valence-corrected chi connectivity index (χ1v) is 16.1. The first kappa shape index (κ1) is 33.3. The van der Waals surface area contributed by atoms with Gasteiger partial charge in [0.25, 0.3) is 0 Å². The summed E-state index contributed by atoms with van der Waals surface area (Å²) in [5.74, 6) is -0.904. The van der Waals surface area contributed by atoms with Gasteiger partial charge in [-0.2, -0.15) is 0 Å². The third kappa shape index (κ3) is 9.01. The second-order valence-electron chi connectivity index (χ2n) is 12.2. The van der Waals surface area contributed by atoms with E-state index in [0.29, 0.717) is 44.3 Å². The highest BCUT2D eigenvalue weighted by Crippen LogP contribution is 2.39. The van der Waals surface area contributed by atoms with Crippen molar-refractivity contribution in [2.75, 3.05) is 18.9 Å². The van der Waals surface area contributed by atoms with Crippen LogP contribution in [0.3, 0.4) is 0 Å². The zero-order valence-corrected chi connectivity index (χ0v) is 26.6. The minimum Gasteiger partial charge on any atom is -0.481 e. The molecule has 4 aromatic carbocycles. The van der Waals surface area contributed by atoms with Crippen molar-refractivity contribution >= 4 is 28.3 Å². The van der Waals surface area contributed by atoms with Crippen LogP contribution in [0, 0.1) is 0 Å². The Kier molecular flexibility index (Phi) is 11.5. The summed E-state index contributed by atoms with van der Waals surface area (Å²) in [6, 6.07) is 30.6. The van der Waals surface area contributed by atoms with Crippen LogP contribution in [0.2, 0.25) is 0 Å². The number of carboxylic acids is 1. The number of hydrogen-bond acceptors (Lipinski definition) is 6. The molecule has 0 aliphatic carbocycles. The van der Waals surface area contributed by atoms with Crippen molar-refractivity contribution < 1.29 is 29.3 Å². The van der Waals surface area contributed by atoms with E-state index in [-0.39, 0.29) is 37.2 Å². The summed E-state index contributed by atoms with van der Waals surface area (Å²) in [5.41, 5.74) is 4.68. The Bertz CT molecular complexity index is 1590. The summed E-state index contributed by atoms with van der Waals surface area (Å²) < 4.78 is 13.1. The third-order valence-corrected chi connectivity index (χ3v) is 8.78. The van der Waals surface area contributed by atoms with Crippen LogP contribution in [-0.4, -0.2) is 46.7 Å². The summed E-state index contributed by atoms with van der Waals surface area (Å²) in [4.78, 5) is 25.4. The molecule has 242 valence electrons. The largest absolute Gasteiger partial charge is 0.481 e. The average molecular weight is 625 g/mol. The summed E-state index contributed by atoms with van der Waals surface area (Å²) in [6.07, 6.45) is 2.20.